The van der Waals surface area contributed by atoms with Crippen LogP contribution >= 0.6 is 12.2 Å². The van der Waals surface area contributed by atoms with Crippen LogP contribution in [-0.2, 0) is 0 Å². The largest absolute Gasteiger partial charge is 0.490 e. The maximum absolute atomic E-state index is 13.6. The van der Waals surface area contributed by atoms with Gasteiger partial charge in [0.05, 0.1) is 19.4 Å². The minimum atomic E-state index is -0.356. The van der Waals surface area contributed by atoms with Crippen molar-refractivity contribution >= 4 is 18.4 Å². The predicted octanol–water partition coefficient (Wildman–Crippen LogP) is 5.06. The van der Waals surface area contributed by atoms with Crippen LogP contribution in [0.2, 0.25) is 0 Å². The molecule has 29 heavy (non-hydrogen) atoms. The van der Waals surface area contributed by atoms with Crippen molar-refractivity contribution in [3.8, 4) is 22.9 Å². The van der Waals surface area contributed by atoms with Gasteiger partial charge in [-0.1, -0.05) is 26.0 Å². The molecule has 152 valence electrons. The maximum atomic E-state index is 13.6. The van der Waals surface area contributed by atoms with Gasteiger partial charge < -0.3 is 9.47 Å². The first-order chi connectivity index (χ1) is 14.0. The number of aromatic nitrogens is 3. The van der Waals surface area contributed by atoms with E-state index in [0.29, 0.717) is 46.8 Å². The first-order valence-corrected chi connectivity index (χ1v) is 9.76. The molecular formula is C21H23FN4O2S. The second-order valence-electron chi connectivity index (χ2n) is 6.76. The smallest absolute Gasteiger partial charge is 0.216 e. The summed E-state index contributed by atoms with van der Waals surface area (Å²) in [5.74, 6) is 1.82. The fraction of sp³-hybridized carbons (Fsp3) is 0.286. The highest BCUT2D eigenvalue weighted by molar-refractivity contribution is 7.71. The van der Waals surface area contributed by atoms with E-state index in [1.165, 1.54) is 16.8 Å². The number of ether oxygens (including phenoxy) is 2. The molecule has 0 aliphatic rings. The van der Waals surface area contributed by atoms with Crippen LogP contribution in [0.3, 0.4) is 0 Å². The number of hydrogen-bond acceptors (Lipinski definition) is 5. The Labute approximate surface area is 174 Å². The summed E-state index contributed by atoms with van der Waals surface area (Å²) < 4.78 is 26.9. The van der Waals surface area contributed by atoms with E-state index in [-0.39, 0.29) is 5.82 Å². The summed E-state index contributed by atoms with van der Waals surface area (Å²) in [5, 5.41) is 11.3. The van der Waals surface area contributed by atoms with Gasteiger partial charge in [-0.15, -0.1) is 0 Å². The molecule has 0 fully saturated rings. The lowest BCUT2D eigenvalue weighted by molar-refractivity contribution is 0.248. The van der Waals surface area contributed by atoms with Crippen molar-refractivity contribution in [1.29, 1.82) is 0 Å². The van der Waals surface area contributed by atoms with E-state index in [4.69, 9.17) is 21.7 Å². The van der Waals surface area contributed by atoms with Crippen molar-refractivity contribution in [3.05, 3.63) is 58.6 Å². The van der Waals surface area contributed by atoms with E-state index in [0.717, 1.165) is 5.56 Å². The fourth-order valence-corrected chi connectivity index (χ4v) is 2.77. The molecule has 6 nitrogen and oxygen atoms in total. The van der Waals surface area contributed by atoms with Crippen molar-refractivity contribution in [2.45, 2.75) is 20.8 Å². The van der Waals surface area contributed by atoms with Gasteiger partial charge in [-0.25, -0.2) is 9.49 Å². The van der Waals surface area contributed by atoms with Gasteiger partial charge in [0.15, 0.2) is 17.3 Å². The number of rotatable bonds is 8. The number of benzene rings is 2. The standard InChI is InChI=1S/C21H23FN4O2S/c1-4-27-19-10-15(8-9-18(19)28-13-14(2)3)12-23-26-20(24-25-21(26)29)16-6-5-7-17(22)11-16/h5-12,14H,4,13H2,1-3H3,(H,25,29)/b23-12-. The molecular weight excluding hydrogens is 391 g/mol. The van der Waals surface area contributed by atoms with Crippen LogP contribution in [0.25, 0.3) is 11.4 Å². The zero-order chi connectivity index (χ0) is 20.8. The van der Waals surface area contributed by atoms with Crippen molar-refractivity contribution < 1.29 is 13.9 Å². The van der Waals surface area contributed by atoms with Crippen LogP contribution in [0.4, 0.5) is 4.39 Å². The van der Waals surface area contributed by atoms with Gasteiger partial charge in [0.25, 0.3) is 0 Å². The molecule has 0 unspecified atom stereocenters. The molecule has 0 spiro atoms. The number of H-pyrrole nitrogens is 1. The van der Waals surface area contributed by atoms with E-state index in [9.17, 15) is 4.39 Å². The number of nitrogens with zero attached hydrogens (tertiary/aromatic N) is 3. The molecule has 0 radical (unpaired) electrons. The van der Waals surface area contributed by atoms with Gasteiger partial charge >= 0.3 is 0 Å². The summed E-state index contributed by atoms with van der Waals surface area (Å²) in [6, 6.07) is 11.7. The Hall–Kier alpha value is -3.00. The fourth-order valence-electron chi connectivity index (χ4n) is 2.59. The van der Waals surface area contributed by atoms with E-state index in [1.807, 2.05) is 25.1 Å². The molecule has 1 heterocycles. The molecule has 0 atom stereocenters. The van der Waals surface area contributed by atoms with Gasteiger partial charge in [-0.3, -0.25) is 0 Å². The molecule has 2 aromatic carbocycles. The summed E-state index contributed by atoms with van der Waals surface area (Å²) >= 11 is 5.26. The average molecular weight is 415 g/mol. The Morgan fingerprint density at radius 1 is 1.21 bits per heavy atom. The monoisotopic (exact) mass is 414 g/mol. The molecule has 0 saturated heterocycles. The van der Waals surface area contributed by atoms with Crippen molar-refractivity contribution in [2.75, 3.05) is 13.2 Å². The highest BCUT2D eigenvalue weighted by Gasteiger charge is 2.10. The minimum Gasteiger partial charge on any atom is -0.490 e. The zero-order valence-electron chi connectivity index (χ0n) is 16.6. The van der Waals surface area contributed by atoms with E-state index in [2.05, 4.69) is 29.1 Å². The van der Waals surface area contributed by atoms with E-state index < -0.39 is 0 Å². The molecule has 0 saturated carbocycles. The Morgan fingerprint density at radius 3 is 2.76 bits per heavy atom. The third-order valence-corrected chi connectivity index (χ3v) is 4.16. The van der Waals surface area contributed by atoms with Gasteiger partial charge in [0, 0.05) is 5.56 Å². The second-order valence-corrected chi connectivity index (χ2v) is 7.15. The molecule has 0 bridgehead atoms. The quantitative estimate of drug-likeness (QED) is 0.413. The Morgan fingerprint density at radius 2 is 2.03 bits per heavy atom. The summed E-state index contributed by atoms with van der Waals surface area (Å²) in [7, 11) is 0. The van der Waals surface area contributed by atoms with Crippen molar-refractivity contribution in [2.24, 2.45) is 11.0 Å². The Balaban J connectivity index is 1.89. The number of halogens is 1. The molecule has 3 aromatic rings. The summed E-state index contributed by atoms with van der Waals surface area (Å²) in [4.78, 5) is 0. The lowest BCUT2D eigenvalue weighted by Gasteiger charge is -2.13. The summed E-state index contributed by atoms with van der Waals surface area (Å²) in [5.41, 5.74) is 1.38. The topological polar surface area (TPSA) is 64.4 Å². The highest BCUT2D eigenvalue weighted by Crippen LogP contribution is 2.28. The van der Waals surface area contributed by atoms with Crippen LogP contribution in [0.5, 0.6) is 11.5 Å². The highest BCUT2D eigenvalue weighted by atomic mass is 32.1. The minimum absolute atomic E-state index is 0.308. The van der Waals surface area contributed by atoms with Crippen LogP contribution in [0.1, 0.15) is 26.3 Å². The van der Waals surface area contributed by atoms with E-state index in [1.54, 1.807) is 18.3 Å². The van der Waals surface area contributed by atoms with Crippen LogP contribution in [0.15, 0.2) is 47.6 Å². The molecule has 1 aromatic heterocycles. The van der Waals surface area contributed by atoms with Crippen molar-refractivity contribution in [3.63, 3.8) is 0 Å². The third-order valence-electron chi connectivity index (χ3n) is 3.90. The van der Waals surface area contributed by atoms with Crippen LogP contribution in [-0.4, -0.2) is 34.3 Å². The zero-order valence-corrected chi connectivity index (χ0v) is 17.4. The third kappa shape index (κ3) is 5.29. The molecule has 8 heteroatoms. The van der Waals surface area contributed by atoms with E-state index >= 15 is 0 Å². The lowest BCUT2D eigenvalue weighted by atomic mass is 10.2. The lowest BCUT2D eigenvalue weighted by Crippen LogP contribution is -2.06. The molecule has 0 amide bonds. The first kappa shape index (κ1) is 20.7. The van der Waals surface area contributed by atoms with Gasteiger partial charge in [-0.05, 0) is 61.0 Å². The summed E-state index contributed by atoms with van der Waals surface area (Å²) in [6.07, 6.45) is 1.64. The summed E-state index contributed by atoms with van der Waals surface area (Å²) in [6.45, 7) is 7.23. The van der Waals surface area contributed by atoms with Gasteiger partial charge in [-0.2, -0.15) is 14.9 Å². The first-order valence-electron chi connectivity index (χ1n) is 9.35. The predicted molar refractivity (Wildman–Crippen MR) is 114 cm³/mol. The maximum Gasteiger partial charge on any atom is 0.216 e. The number of aromatic amines is 1. The van der Waals surface area contributed by atoms with Gasteiger partial charge in [0.1, 0.15) is 5.82 Å². The molecule has 1 N–H and O–H groups in total. The Kier molecular flexibility index (Phi) is 6.77. The van der Waals surface area contributed by atoms with Gasteiger partial charge in [0.2, 0.25) is 4.77 Å². The number of hydrogen-bond donors (Lipinski definition) is 1. The second kappa shape index (κ2) is 9.47. The Bertz CT molecular complexity index is 1060. The molecule has 0 aliphatic carbocycles. The van der Waals surface area contributed by atoms with Crippen molar-refractivity contribution in [1.82, 2.24) is 14.9 Å². The van der Waals surface area contributed by atoms with Crippen LogP contribution in [0, 0.1) is 16.5 Å². The SMILES string of the molecule is CCOc1cc(/C=N\n2c(-c3cccc(F)c3)n[nH]c2=S)ccc1OCC(C)C. The van der Waals surface area contributed by atoms with Crippen LogP contribution < -0.4 is 9.47 Å². The molecule has 0 aliphatic heterocycles. The number of nitrogens with one attached hydrogen (secondary N) is 1. The normalized spacial score (nSPS) is 11.3. The molecule has 3 rings (SSSR count). The average Bonchev–Trinajstić information content (AvgIpc) is 3.06.